The quantitative estimate of drug-likeness (QED) is 0.341. The lowest BCUT2D eigenvalue weighted by atomic mass is 9.91. The topological polar surface area (TPSA) is 102 Å². The van der Waals surface area contributed by atoms with E-state index >= 15 is 0 Å². The zero-order chi connectivity index (χ0) is 28.8. The number of amides is 1. The van der Waals surface area contributed by atoms with E-state index in [1.807, 2.05) is 12.1 Å². The van der Waals surface area contributed by atoms with Gasteiger partial charge in [0.25, 0.3) is 5.91 Å². The Morgan fingerprint density at radius 3 is 1.90 bits per heavy atom. The van der Waals surface area contributed by atoms with E-state index in [4.69, 9.17) is 33.2 Å². The minimum absolute atomic E-state index is 0.149. The van der Waals surface area contributed by atoms with Crippen LogP contribution in [0, 0.1) is 0 Å². The van der Waals surface area contributed by atoms with Gasteiger partial charge in [0.1, 0.15) is 12.4 Å². The molecule has 0 fully saturated rings. The van der Waals surface area contributed by atoms with E-state index in [2.05, 4.69) is 0 Å². The molecule has 0 saturated carbocycles. The van der Waals surface area contributed by atoms with Gasteiger partial charge in [-0.05, 0) is 66.1 Å². The average Bonchev–Trinajstić information content (AvgIpc) is 3.01. The van der Waals surface area contributed by atoms with Crippen molar-refractivity contribution in [1.82, 2.24) is 4.90 Å². The molecule has 40 heavy (non-hydrogen) atoms. The first-order chi connectivity index (χ1) is 19.4. The van der Waals surface area contributed by atoms with Gasteiger partial charge in [-0.15, -0.1) is 0 Å². The second kappa shape index (κ2) is 12.5. The highest BCUT2D eigenvalue weighted by Crippen LogP contribution is 2.41. The van der Waals surface area contributed by atoms with E-state index in [1.54, 1.807) is 55.5 Å². The van der Waals surface area contributed by atoms with Gasteiger partial charge in [-0.3, -0.25) is 4.79 Å². The van der Waals surface area contributed by atoms with Crippen LogP contribution < -0.4 is 28.4 Å². The minimum atomic E-state index is -0.463. The summed E-state index contributed by atoms with van der Waals surface area (Å²) >= 11 is 0. The number of rotatable bonds is 10. The lowest BCUT2D eigenvalue weighted by Gasteiger charge is -2.37. The Kier molecular flexibility index (Phi) is 8.88. The fourth-order valence-electron chi connectivity index (χ4n) is 4.80. The summed E-state index contributed by atoms with van der Waals surface area (Å²) in [5.74, 6) is 2.21. The van der Waals surface area contributed by atoms with Crippen molar-refractivity contribution in [2.24, 2.45) is 0 Å². The number of nitrogens with zero attached hydrogens (tertiary/aromatic N) is 1. The molecular weight excluding hydrogens is 518 g/mol. The van der Waals surface area contributed by atoms with Crippen LogP contribution >= 0.6 is 0 Å². The second-order valence-corrected chi connectivity index (χ2v) is 8.91. The van der Waals surface area contributed by atoms with Gasteiger partial charge in [0.05, 0.1) is 54.3 Å². The smallest absolute Gasteiger partial charge is 0.337 e. The number of esters is 1. The zero-order valence-electron chi connectivity index (χ0n) is 23.4. The van der Waals surface area contributed by atoms with Crippen molar-refractivity contribution in [3.8, 4) is 34.5 Å². The van der Waals surface area contributed by atoms with Crippen molar-refractivity contribution in [3.05, 3.63) is 70.8 Å². The maximum atomic E-state index is 14.0. The van der Waals surface area contributed by atoms with Crippen LogP contribution in [-0.2, 0) is 11.2 Å². The van der Waals surface area contributed by atoms with Gasteiger partial charge in [-0.2, -0.15) is 0 Å². The molecule has 4 rings (SSSR count). The van der Waals surface area contributed by atoms with Crippen LogP contribution in [-0.4, -0.2) is 72.6 Å². The molecule has 10 heteroatoms. The molecule has 1 amide bonds. The molecule has 1 atom stereocenters. The third-order valence-corrected chi connectivity index (χ3v) is 6.86. The van der Waals surface area contributed by atoms with E-state index < -0.39 is 12.0 Å². The number of carbonyl (C=O) groups is 2. The number of ether oxygens (including phenoxy) is 7. The predicted octanol–water partition coefficient (Wildman–Crippen LogP) is 4.33. The maximum absolute atomic E-state index is 14.0. The summed E-state index contributed by atoms with van der Waals surface area (Å²) in [5, 5.41) is 0. The van der Waals surface area contributed by atoms with Crippen LogP contribution in [0.2, 0.25) is 0 Å². The highest BCUT2D eigenvalue weighted by Gasteiger charge is 2.34. The molecule has 0 unspecified atom stereocenters. The summed E-state index contributed by atoms with van der Waals surface area (Å²) in [7, 11) is 9.01. The standard InChI is InChI=1S/C30H33NO9/c1-34-24-13-19-11-12-31(29(32)20-14-26(36-3)28(38-5)27(15-20)37-4)23(22(19)16-25(24)35-2)17-40-21-9-7-18(8-10-21)30(33)39-6/h7-10,13-16,23H,11-12,17H2,1-6H3/t23-/m1/s1. The fourth-order valence-corrected chi connectivity index (χ4v) is 4.80. The minimum Gasteiger partial charge on any atom is -0.493 e. The lowest BCUT2D eigenvalue weighted by molar-refractivity contribution is 0.0582. The van der Waals surface area contributed by atoms with Crippen LogP contribution in [0.3, 0.4) is 0 Å². The molecule has 1 aliphatic rings. The van der Waals surface area contributed by atoms with Crippen molar-refractivity contribution < 1.29 is 42.7 Å². The van der Waals surface area contributed by atoms with Crippen LogP contribution in [0.1, 0.15) is 37.9 Å². The Labute approximate surface area is 233 Å². The maximum Gasteiger partial charge on any atom is 0.337 e. The van der Waals surface area contributed by atoms with Crippen LogP contribution in [0.25, 0.3) is 0 Å². The summed E-state index contributed by atoms with van der Waals surface area (Å²) in [6.45, 7) is 0.587. The number of methoxy groups -OCH3 is 6. The van der Waals surface area contributed by atoms with E-state index in [-0.39, 0.29) is 12.5 Å². The Hall–Kier alpha value is -4.60. The van der Waals surface area contributed by atoms with Gasteiger partial charge in [0, 0.05) is 12.1 Å². The highest BCUT2D eigenvalue weighted by molar-refractivity contribution is 5.96. The van der Waals surface area contributed by atoms with Gasteiger partial charge >= 0.3 is 5.97 Å². The predicted molar refractivity (Wildman–Crippen MR) is 146 cm³/mol. The van der Waals surface area contributed by atoms with Crippen molar-refractivity contribution in [2.75, 3.05) is 55.8 Å². The molecule has 0 N–H and O–H groups in total. The van der Waals surface area contributed by atoms with E-state index in [0.717, 1.165) is 11.1 Å². The summed E-state index contributed by atoms with van der Waals surface area (Å²) in [4.78, 5) is 27.6. The van der Waals surface area contributed by atoms with Crippen molar-refractivity contribution in [2.45, 2.75) is 12.5 Å². The van der Waals surface area contributed by atoms with Crippen molar-refractivity contribution >= 4 is 11.9 Å². The average molecular weight is 552 g/mol. The summed E-state index contributed by atoms with van der Waals surface area (Å²) in [6.07, 6.45) is 0.607. The zero-order valence-corrected chi connectivity index (χ0v) is 23.4. The number of hydrogen-bond donors (Lipinski definition) is 0. The molecule has 3 aromatic carbocycles. The molecule has 212 valence electrons. The fraction of sp³-hybridized carbons (Fsp3) is 0.333. The van der Waals surface area contributed by atoms with Gasteiger partial charge in [-0.25, -0.2) is 4.79 Å². The Balaban J connectivity index is 1.72. The Morgan fingerprint density at radius 2 is 1.35 bits per heavy atom. The first-order valence-electron chi connectivity index (χ1n) is 12.6. The molecule has 0 bridgehead atoms. The number of carbonyl (C=O) groups excluding carboxylic acids is 2. The molecule has 0 aliphatic carbocycles. The normalized spacial score (nSPS) is 14.1. The Bertz CT molecular complexity index is 1350. The molecule has 0 radical (unpaired) electrons. The van der Waals surface area contributed by atoms with E-state index in [9.17, 15) is 9.59 Å². The van der Waals surface area contributed by atoms with Crippen LogP contribution in [0.5, 0.6) is 34.5 Å². The van der Waals surface area contributed by atoms with Gasteiger partial charge in [-0.1, -0.05) is 0 Å². The number of fused-ring (bicyclic) bond motifs is 1. The molecular formula is C30H33NO9. The van der Waals surface area contributed by atoms with Gasteiger partial charge in [0.2, 0.25) is 5.75 Å². The van der Waals surface area contributed by atoms with Crippen LogP contribution in [0.4, 0.5) is 0 Å². The Morgan fingerprint density at radius 1 is 0.750 bits per heavy atom. The number of benzene rings is 3. The molecule has 1 aliphatic heterocycles. The van der Waals surface area contributed by atoms with Crippen molar-refractivity contribution in [3.63, 3.8) is 0 Å². The third-order valence-electron chi connectivity index (χ3n) is 6.86. The largest absolute Gasteiger partial charge is 0.493 e. The first-order valence-corrected chi connectivity index (χ1v) is 12.6. The SMILES string of the molecule is COC(=O)c1ccc(OC[C@@H]2c3cc(OC)c(OC)cc3CCN2C(=O)c2cc(OC)c(OC)c(OC)c2)cc1. The monoisotopic (exact) mass is 551 g/mol. The summed E-state index contributed by atoms with van der Waals surface area (Å²) in [6, 6.07) is 13.3. The first kappa shape index (κ1) is 28.4. The van der Waals surface area contributed by atoms with Gasteiger partial charge in [0.15, 0.2) is 23.0 Å². The highest BCUT2D eigenvalue weighted by atomic mass is 16.5. The molecule has 3 aromatic rings. The lowest BCUT2D eigenvalue weighted by Crippen LogP contribution is -2.42. The van der Waals surface area contributed by atoms with Crippen molar-refractivity contribution in [1.29, 1.82) is 0 Å². The molecule has 0 spiro atoms. The summed E-state index contributed by atoms with van der Waals surface area (Å²) in [5.41, 5.74) is 2.71. The molecule has 0 aromatic heterocycles. The van der Waals surface area contributed by atoms with Crippen LogP contribution in [0.15, 0.2) is 48.5 Å². The van der Waals surface area contributed by atoms with Gasteiger partial charge < -0.3 is 38.1 Å². The van der Waals surface area contributed by atoms with E-state index in [1.165, 1.54) is 28.4 Å². The number of hydrogen-bond acceptors (Lipinski definition) is 9. The molecule has 10 nitrogen and oxygen atoms in total. The molecule has 1 heterocycles. The molecule has 0 saturated heterocycles. The van der Waals surface area contributed by atoms with E-state index in [0.29, 0.717) is 58.6 Å². The summed E-state index contributed by atoms with van der Waals surface area (Å²) < 4.78 is 38.4. The second-order valence-electron chi connectivity index (χ2n) is 8.91. The third kappa shape index (κ3) is 5.56.